The molecule has 9 nitrogen and oxygen atoms in total. The molecule has 0 aromatic heterocycles. The molecular weight excluding hydrogens is 420 g/mol. The molecule has 0 saturated carbocycles. The van der Waals surface area contributed by atoms with E-state index in [2.05, 4.69) is 10.7 Å². The van der Waals surface area contributed by atoms with Crippen LogP contribution >= 0.6 is 11.6 Å². The molecule has 158 valence electrons. The Labute approximate surface area is 174 Å². The van der Waals surface area contributed by atoms with Gasteiger partial charge in [-0.1, -0.05) is 24.9 Å². The minimum absolute atomic E-state index is 0.000624. The monoisotopic (exact) mass is 442 g/mol. The van der Waals surface area contributed by atoms with Crippen LogP contribution in [0.4, 0.5) is 4.79 Å². The summed E-state index contributed by atoms with van der Waals surface area (Å²) >= 11 is 6.11. The molecule has 0 aliphatic carbocycles. The number of piperidine rings is 1. The molecule has 2 saturated heterocycles. The molecule has 1 aromatic carbocycles. The van der Waals surface area contributed by atoms with E-state index < -0.39 is 33.4 Å². The molecule has 0 radical (unpaired) electrons. The average molecular weight is 443 g/mol. The molecule has 1 aromatic rings. The molecule has 3 rings (SSSR count). The Morgan fingerprint density at radius 2 is 1.90 bits per heavy atom. The molecule has 4 amide bonds. The van der Waals surface area contributed by atoms with Gasteiger partial charge in [-0.3, -0.25) is 15.0 Å². The fourth-order valence-electron chi connectivity index (χ4n) is 3.28. The van der Waals surface area contributed by atoms with Crippen LogP contribution in [0.1, 0.15) is 49.9 Å². The molecule has 0 unspecified atom stereocenters. The van der Waals surface area contributed by atoms with E-state index in [4.69, 9.17) is 11.6 Å². The zero-order valence-electron chi connectivity index (χ0n) is 16.2. The Hall–Kier alpha value is -2.17. The van der Waals surface area contributed by atoms with E-state index >= 15 is 0 Å². The highest BCUT2D eigenvalue weighted by Crippen LogP contribution is 2.28. The topological polar surface area (TPSA) is 116 Å². The number of hydrazine groups is 1. The number of halogens is 1. The van der Waals surface area contributed by atoms with Crippen LogP contribution in [0.25, 0.3) is 0 Å². The molecule has 2 aliphatic rings. The van der Waals surface area contributed by atoms with Gasteiger partial charge in [0.15, 0.2) is 0 Å². The molecule has 2 heterocycles. The van der Waals surface area contributed by atoms with Crippen LogP contribution in [0.5, 0.6) is 0 Å². The number of carbonyl (C=O) groups is 3. The van der Waals surface area contributed by atoms with E-state index in [-0.39, 0.29) is 15.5 Å². The van der Waals surface area contributed by atoms with E-state index in [0.29, 0.717) is 24.5 Å². The Morgan fingerprint density at radius 1 is 1.24 bits per heavy atom. The van der Waals surface area contributed by atoms with Crippen molar-refractivity contribution in [3.8, 4) is 0 Å². The van der Waals surface area contributed by atoms with Gasteiger partial charge in [-0.15, -0.1) is 0 Å². The second-order valence-corrected chi connectivity index (χ2v) is 9.62. The van der Waals surface area contributed by atoms with E-state index in [9.17, 15) is 22.8 Å². The summed E-state index contributed by atoms with van der Waals surface area (Å²) < 4.78 is 27.2. The van der Waals surface area contributed by atoms with Crippen molar-refractivity contribution in [2.75, 3.05) is 13.1 Å². The number of sulfonamides is 1. The van der Waals surface area contributed by atoms with Gasteiger partial charge >= 0.3 is 6.03 Å². The first kappa shape index (κ1) is 21.5. The third-order valence-electron chi connectivity index (χ3n) is 5.31. The van der Waals surface area contributed by atoms with E-state index in [1.54, 1.807) is 13.8 Å². The third-order valence-corrected chi connectivity index (χ3v) is 7.69. The first-order chi connectivity index (χ1) is 13.6. The van der Waals surface area contributed by atoms with Crippen molar-refractivity contribution < 1.29 is 22.8 Å². The van der Waals surface area contributed by atoms with Gasteiger partial charge < -0.3 is 5.32 Å². The number of rotatable bonds is 5. The van der Waals surface area contributed by atoms with Gasteiger partial charge in [-0.2, -0.15) is 9.31 Å². The summed E-state index contributed by atoms with van der Waals surface area (Å²) in [5.41, 5.74) is 1.11. The lowest BCUT2D eigenvalue weighted by molar-refractivity contribution is -0.132. The minimum Gasteiger partial charge on any atom is -0.322 e. The van der Waals surface area contributed by atoms with Crippen molar-refractivity contribution >= 4 is 39.5 Å². The predicted molar refractivity (Wildman–Crippen MR) is 106 cm³/mol. The lowest BCUT2D eigenvalue weighted by Crippen LogP contribution is -2.48. The van der Waals surface area contributed by atoms with E-state index in [1.165, 1.54) is 22.5 Å². The van der Waals surface area contributed by atoms with Crippen molar-refractivity contribution in [2.24, 2.45) is 0 Å². The Morgan fingerprint density at radius 3 is 2.48 bits per heavy atom. The average Bonchev–Trinajstić information content (AvgIpc) is 2.92. The van der Waals surface area contributed by atoms with Crippen LogP contribution < -0.4 is 10.7 Å². The largest absolute Gasteiger partial charge is 0.344 e. The lowest BCUT2D eigenvalue weighted by Gasteiger charge is -2.26. The Kier molecular flexibility index (Phi) is 5.88. The standard InChI is InChI=1S/C18H23ClN4O5S/c1-3-18(2)16(25)23(17(26)20-18)21-15(24)12-7-8-13(19)14(11-12)29(27,28)22-9-5-4-6-10-22/h7-8,11H,3-6,9-10H2,1-2H3,(H,20,26)(H,21,24)/t18-/m0/s1. The number of imide groups is 1. The maximum Gasteiger partial charge on any atom is 0.344 e. The predicted octanol–water partition coefficient (Wildman–Crippen LogP) is 1.88. The number of urea groups is 1. The molecule has 1 atom stereocenters. The smallest absolute Gasteiger partial charge is 0.322 e. The van der Waals surface area contributed by atoms with Gasteiger partial charge in [0, 0.05) is 18.7 Å². The summed E-state index contributed by atoms with van der Waals surface area (Å²) in [5.74, 6) is -1.38. The normalized spacial score (nSPS) is 23.2. The summed E-state index contributed by atoms with van der Waals surface area (Å²) in [6.07, 6.45) is 2.84. The van der Waals surface area contributed by atoms with Crippen molar-refractivity contribution in [3.63, 3.8) is 0 Å². The summed E-state index contributed by atoms with van der Waals surface area (Å²) in [6.45, 7) is 4.09. The SMILES string of the molecule is CC[C@]1(C)NC(=O)N(NC(=O)c2ccc(Cl)c(S(=O)(=O)N3CCCCC3)c2)C1=O. The van der Waals surface area contributed by atoms with Gasteiger partial charge in [0.05, 0.1) is 5.02 Å². The van der Waals surface area contributed by atoms with Crippen molar-refractivity contribution in [3.05, 3.63) is 28.8 Å². The van der Waals surface area contributed by atoms with Crippen molar-refractivity contribution in [1.82, 2.24) is 20.1 Å². The van der Waals surface area contributed by atoms with Crippen molar-refractivity contribution in [1.29, 1.82) is 0 Å². The van der Waals surface area contributed by atoms with Gasteiger partial charge in [0.1, 0.15) is 10.4 Å². The van der Waals surface area contributed by atoms with E-state index in [0.717, 1.165) is 19.3 Å². The molecule has 2 fully saturated rings. The van der Waals surface area contributed by atoms with Crippen LogP contribution in [-0.2, 0) is 14.8 Å². The number of hydrogen-bond donors (Lipinski definition) is 2. The maximum atomic E-state index is 12.9. The fraction of sp³-hybridized carbons (Fsp3) is 0.500. The Balaban J connectivity index is 1.85. The highest BCUT2D eigenvalue weighted by Gasteiger charge is 2.47. The fourth-order valence-corrected chi connectivity index (χ4v) is 5.30. The van der Waals surface area contributed by atoms with Crippen LogP contribution in [-0.4, -0.2) is 54.2 Å². The molecule has 2 N–H and O–H groups in total. The number of nitrogens with zero attached hydrogens (tertiary/aromatic N) is 2. The van der Waals surface area contributed by atoms with Crippen LogP contribution in [0.15, 0.2) is 23.1 Å². The van der Waals surface area contributed by atoms with Gasteiger partial charge in [-0.05, 0) is 44.4 Å². The first-order valence-electron chi connectivity index (χ1n) is 9.37. The second-order valence-electron chi connectivity index (χ2n) is 7.31. The summed E-state index contributed by atoms with van der Waals surface area (Å²) in [5, 5.41) is 3.13. The van der Waals surface area contributed by atoms with Gasteiger partial charge in [0.25, 0.3) is 11.8 Å². The maximum absolute atomic E-state index is 12.9. The van der Waals surface area contributed by atoms with Crippen LogP contribution in [0.3, 0.4) is 0 Å². The summed E-state index contributed by atoms with van der Waals surface area (Å²) in [7, 11) is -3.86. The molecule has 0 spiro atoms. The zero-order valence-corrected chi connectivity index (χ0v) is 17.8. The molecule has 0 bridgehead atoms. The van der Waals surface area contributed by atoms with E-state index in [1.807, 2.05) is 0 Å². The molecule has 2 aliphatic heterocycles. The molecule has 29 heavy (non-hydrogen) atoms. The first-order valence-corrected chi connectivity index (χ1v) is 11.2. The molecular formula is C18H23ClN4O5S. The number of nitrogens with one attached hydrogen (secondary N) is 2. The van der Waals surface area contributed by atoms with Crippen LogP contribution in [0, 0.1) is 0 Å². The number of benzene rings is 1. The van der Waals surface area contributed by atoms with Crippen molar-refractivity contribution in [2.45, 2.75) is 50.0 Å². The van der Waals surface area contributed by atoms with Gasteiger partial charge in [0.2, 0.25) is 10.0 Å². The number of hydrogen-bond acceptors (Lipinski definition) is 5. The Bertz CT molecular complexity index is 961. The van der Waals surface area contributed by atoms with Crippen LogP contribution in [0.2, 0.25) is 5.02 Å². The lowest BCUT2D eigenvalue weighted by atomic mass is 10.00. The molecule has 11 heteroatoms. The quantitative estimate of drug-likeness (QED) is 0.675. The summed E-state index contributed by atoms with van der Waals surface area (Å²) in [4.78, 5) is 36.9. The minimum atomic E-state index is -3.86. The zero-order chi connectivity index (χ0) is 21.4. The van der Waals surface area contributed by atoms with Gasteiger partial charge in [-0.25, -0.2) is 13.2 Å². The highest BCUT2D eigenvalue weighted by atomic mass is 35.5. The third kappa shape index (κ3) is 3.96. The second kappa shape index (κ2) is 7.92. The number of amides is 4. The highest BCUT2D eigenvalue weighted by molar-refractivity contribution is 7.89. The number of carbonyl (C=O) groups excluding carboxylic acids is 3. The summed E-state index contributed by atoms with van der Waals surface area (Å²) in [6, 6.07) is 3.07.